The highest BCUT2D eigenvalue weighted by Gasteiger charge is 2.08. The summed E-state index contributed by atoms with van der Waals surface area (Å²) < 4.78 is 5.88. The lowest BCUT2D eigenvalue weighted by Crippen LogP contribution is -2.30. The molecular formula is C17H21NO. The van der Waals surface area contributed by atoms with E-state index in [0.717, 1.165) is 23.3 Å². The van der Waals surface area contributed by atoms with Crippen LogP contribution in [0.5, 0.6) is 5.75 Å². The first-order chi connectivity index (χ1) is 9.16. The second-order valence-corrected chi connectivity index (χ2v) is 4.98. The van der Waals surface area contributed by atoms with Crippen molar-refractivity contribution < 1.29 is 4.74 Å². The molecule has 0 heterocycles. The van der Waals surface area contributed by atoms with Crippen molar-refractivity contribution in [2.75, 3.05) is 6.61 Å². The molecule has 2 nitrogen and oxygen atoms in total. The van der Waals surface area contributed by atoms with E-state index in [1.807, 2.05) is 24.3 Å². The molecule has 0 saturated carbocycles. The lowest BCUT2D eigenvalue weighted by molar-refractivity contribution is 0.284. The molecule has 0 bridgehead atoms. The third-order valence-corrected chi connectivity index (χ3v) is 3.19. The smallest absolute Gasteiger partial charge is 0.125 e. The Balaban J connectivity index is 1.92. The Bertz CT molecular complexity index is 502. The van der Waals surface area contributed by atoms with Gasteiger partial charge >= 0.3 is 0 Å². The summed E-state index contributed by atoms with van der Waals surface area (Å²) in [5.74, 6) is 0.964. The molecular weight excluding hydrogens is 234 g/mol. The fraction of sp³-hybridized carbons (Fsp3) is 0.294. The quantitative estimate of drug-likeness (QED) is 0.890. The molecule has 0 aromatic heterocycles. The summed E-state index contributed by atoms with van der Waals surface area (Å²) in [5, 5.41) is 0. The van der Waals surface area contributed by atoms with E-state index >= 15 is 0 Å². The molecule has 2 N–H and O–H groups in total. The van der Waals surface area contributed by atoms with Crippen LogP contribution in [-0.4, -0.2) is 12.6 Å². The van der Waals surface area contributed by atoms with E-state index in [1.165, 1.54) is 5.56 Å². The van der Waals surface area contributed by atoms with Crippen LogP contribution < -0.4 is 10.5 Å². The van der Waals surface area contributed by atoms with E-state index in [2.05, 4.69) is 38.1 Å². The predicted molar refractivity (Wildman–Crippen MR) is 79.5 cm³/mol. The standard InChI is InChI=1S/C17H21NO/c1-13-7-6-8-14(2)17(13)19-12-16(18)11-15-9-4-3-5-10-15/h3-10,16H,11-12,18H2,1-2H3/t16-/m1/s1. The van der Waals surface area contributed by atoms with Crippen molar-refractivity contribution in [3.8, 4) is 5.75 Å². The zero-order chi connectivity index (χ0) is 13.7. The second kappa shape index (κ2) is 6.39. The Morgan fingerprint density at radius 3 is 2.21 bits per heavy atom. The van der Waals surface area contributed by atoms with Gasteiger partial charge in [0, 0.05) is 6.04 Å². The van der Waals surface area contributed by atoms with Crippen molar-refractivity contribution >= 4 is 0 Å². The number of benzene rings is 2. The number of para-hydroxylation sites is 1. The summed E-state index contributed by atoms with van der Waals surface area (Å²) in [6.07, 6.45) is 0.839. The van der Waals surface area contributed by atoms with E-state index in [1.54, 1.807) is 0 Å². The molecule has 0 saturated heterocycles. The van der Waals surface area contributed by atoms with Gasteiger partial charge in [0.05, 0.1) is 0 Å². The monoisotopic (exact) mass is 255 g/mol. The largest absolute Gasteiger partial charge is 0.491 e. The molecule has 0 fully saturated rings. The molecule has 0 spiro atoms. The van der Waals surface area contributed by atoms with Crippen LogP contribution in [0.15, 0.2) is 48.5 Å². The van der Waals surface area contributed by atoms with Crippen LogP contribution >= 0.6 is 0 Å². The summed E-state index contributed by atoms with van der Waals surface area (Å²) in [5.41, 5.74) is 9.70. The molecule has 2 aromatic rings. The summed E-state index contributed by atoms with van der Waals surface area (Å²) in [7, 11) is 0. The maximum atomic E-state index is 6.13. The number of aryl methyl sites for hydroxylation is 2. The van der Waals surface area contributed by atoms with Gasteiger partial charge < -0.3 is 10.5 Å². The normalized spacial score (nSPS) is 12.2. The van der Waals surface area contributed by atoms with Gasteiger partial charge in [0.15, 0.2) is 0 Å². The zero-order valence-electron chi connectivity index (χ0n) is 11.6. The molecule has 2 rings (SSSR count). The zero-order valence-corrected chi connectivity index (χ0v) is 11.6. The SMILES string of the molecule is Cc1cccc(C)c1OC[C@H](N)Cc1ccccc1. The second-order valence-electron chi connectivity index (χ2n) is 4.98. The molecule has 2 heteroatoms. The van der Waals surface area contributed by atoms with E-state index in [9.17, 15) is 0 Å². The molecule has 100 valence electrons. The van der Waals surface area contributed by atoms with Gasteiger partial charge in [-0.15, -0.1) is 0 Å². The Hall–Kier alpha value is -1.80. The molecule has 0 aliphatic rings. The topological polar surface area (TPSA) is 35.2 Å². The Kier molecular flexibility index (Phi) is 4.58. The highest BCUT2D eigenvalue weighted by molar-refractivity contribution is 5.39. The van der Waals surface area contributed by atoms with Crippen molar-refractivity contribution in [2.45, 2.75) is 26.3 Å². The number of rotatable bonds is 5. The van der Waals surface area contributed by atoms with Crippen LogP contribution in [0.1, 0.15) is 16.7 Å². The maximum Gasteiger partial charge on any atom is 0.125 e. The van der Waals surface area contributed by atoms with Crippen LogP contribution in [0, 0.1) is 13.8 Å². The molecule has 1 atom stereocenters. The van der Waals surface area contributed by atoms with Gasteiger partial charge in [-0.1, -0.05) is 48.5 Å². The number of hydrogen-bond acceptors (Lipinski definition) is 2. The molecule has 0 radical (unpaired) electrons. The number of ether oxygens (including phenoxy) is 1. The van der Waals surface area contributed by atoms with Crippen molar-refractivity contribution in [2.24, 2.45) is 5.73 Å². The highest BCUT2D eigenvalue weighted by Crippen LogP contribution is 2.22. The van der Waals surface area contributed by atoms with Crippen LogP contribution in [0.4, 0.5) is 0 Å². The summed E-state index contributed by atoms with van der Waals surface area (Å²) >= 11 is 0. The minimum atomic E-state index is 0.0152. The van der Waals surface area contributed by atoms with Crippen molar-refractivity contribution in [3.63, 3.8) is 0 Å². The van der Waals surface area contributed by atoms with Crippen molar-refractivity contribution in [1.82, 2.24) is 0 Å². The predicted octanol–water partition coefficient (Wildman–Crippen LogP) is 3.25. The van der Waals surface area contributed by atoms with E-state index in [4.69, 9.17) is 10.5 Å². The maximum absolute atomic E-state index is 6.13. The molecule has 2 aromatic carbocycles. The molecule has 0 aliphatic carbocycles. The fourth-order valence-corrected chi connectivity index (χ4v) is 2.19. The molecule has 0 aliphatic heterocycles. The van der Waals surface area contributed by atoms with Crippen LogP contribution in [0.3, 0.4) is 0 Å². The first-order valence-electron chi connectivity index (χ1n) is 6.65. The summed E-state index contributed by atoms with van der Waals surface area (Å²) in [6.45, 7) is 4.66. The van der Waals surface area contributed by atoms with Gasteiger partial charge in [-0.25, -0.2) is 0 Å². The third kappa shape index (κ3) is 3.83. The minimum Gasteiger partial charge on any atom is -0.491 e. The van der Waals surface area contributed by atoms with Crippen molar-refractivity contribution in [1.29, 1.82) is 0 Å². The van der Waals surface area contributed by atoms with Gasteiger partial charge in [-0.3, -0.25) is 0 Å². The Labute approximate surface area is 115 Å². The number of hydrogen-bond donors (Lipinski definition) is 1. The van der Waals surface area contributed by atoms with Crippen LogP contribution in [0.25, 0.3) is 0 Å². The van der Waals surface area contributed by atoms with E-state index in [0.29, 0.717) is 6.61 Å². The lowest BCUT2D eigenvalue weighted by Gasteiger charge is -2.16. The van der Waals surface area contributed by atoms with E-state index in [-0.39, 0.29) is 6.04 Å². The van der Waals surface area contributed by atoms with Gasteiger partial charge in [0.25, 0.3) is 0 Å². The van der Waals surface area contributed by atoms with Gasteiger partial charge in [0.2, 0.25) is 0 Å². The van der Waals surface area contributed by atoms with Crippen molar-refractivity contribution in [3.05, 3.63) is 65.2 Å². The van der Waals surface area contributed by atoms with Crippen LogP contribution in [-0.2, 0) is 6.42 Å². The first kappa shape index (κ1) is 13.6. The average Bonchev–Trinajstić information content (AvgIpc) is 2.39. The lowest BCUT2D eigenvalue weighted by atomic mass is 10.1. The highest BCUT2D eigenvalue weighted by atomic mass is 16.5. The molecule has 0 amide bonds. The third-order valence-electron chi connectivity index (χ3n) is 3.19. The van der Waals surface area contributed by atoms with Gasteiger partial charge in [-0.2, -0.15) is 0 Å². The van der Waals surface area contributed by atoms with Gasteiger partial charge in [-0.05, 0) is 37.0 Å². The Morgan fingerprint density at radius 1 is 0.947 bits per heavy atom. The molecule has 19 heavy (non-hydrogen) atoms. The minimum absolute atomic E-state index is 0.0152. The number of nitrogens with two attached hydrogens (primary N) is 1. The van der Waals surface area contributed by atoms with Gasteiger partial charge in [0.1, 0.15) is 12.4 Å². The van der Waals surface area contributed by atoms with Crippen LogP contribution in [0.2, 0.25) is 0 Å². The summed E-state index contributed by atoms with van der Waals surface area (Å²) in [6, 6.07) is 16.5. The first-order valence-corrected chi connectivity index (χ1v) is 6.65. The van der Waals surface area contributed by atoms with E-state index < -0.39 is 0 Å². The average molecular weight is 255 g/mol. The Morgan fingerprint density at radius 2 is 1.58 bits per heavy atom. The molecule has 0 unspecified atom stereocenters. The fourth-order valence-electron chi connectivity index (χ4n) is 2.19. The summed E-state index contributed by atoms with van der Waals surface area (Å²) in [4.78, 5) is 0.